The molecular formula is C95H142O28. The zero-order valence-electron chi connectivity index (χ0n) is 75.7. The summed E-state index contributed by atoms with van der Waals surface area (Å²) in [4.78, 5) is 28.6. The van der Waals surface area contributed by atoms with Gasteiger partial charge in [0.15, 0.2) is 36.7 Å². The molecule has 2 spiro atoms. The Morgan fingerprint density at radius 2 is 0.829 bits per heavy atom. The summed E-state index contributed by atoms with van der Waals surface area (Å²) in [7, 11) is 6.44. The molecule has 0 aromatic heterocycles. The highest BCUT2D eigenvalue weighted by atomic mass is 16.8. The van der Waals surface area contributed by atoms with Crippen molar-refractivity contribution in [3.63, 3.8) is 0 Å². The molecule has 0 saturated carbocycles. The fourth-order valence-electron chi connectivity index (χ4n) is 21.0. The first kappa shape index (κ1) is 95.9. The van der Waals surface area contributed by atoms with Gasteiger partial charge in [-0.25, -0.2) is 0 Å². The largest absolute Gasteiger partial charge is 0.462 e. The average Bonchev–Trinajstić information content (AvgIpc) is 1.61. The number of rotatable bonds is 15. The topological polar surface area (TPSA) is 340 Å². The molecule has 14 rings (SSSR count). The van der Waals surface area contributed by atoms with Crippen LogP contribution in [0.1, 0.15) is 181 Å². The van der Waals surface area contributed by atoms with Crippen molar-refractivity contribution in [1.29, 1.82) is 0 Å². The molecule has 0 aromatic rings. The van der Waals surface area contributed by atoms with E-state index in [0.29, 0.717) is 86.5 Å². The number of hydrogen-bond acceptors (Lipinski definition) is 28. The second-order valence-electron chi connectivity index (χ2n) is 37.8. The molecule has 6 N–H and O–H groups in total. The van der Waals surface area contributed by atoms with Gasteiger partial charge in [0.1, 0.15) is 84.1 Å². The minimum Gasteiger partial charge on any atom is -0.462 e. The molecule has 28 nitrogen and oxygen atoms in total. The lowest BCUT2D eigenvalue weighted by Crippen LogP contribution is -2.58. The van der Waals surface area contributed by atoms with Crippen LogP contribution in [0.2, 0.25) is 0 Å². The van der Waals surface area contributed by atoms with Crippen LogP contribution in [-0.4, -0.2) is 279 Å². The zero-order chi connectivity index (χ0) is 88.6. The van der Waals surface area contributed by atoms with E-state index in [1.165, 1.54) is 0 Å². The summed E-state index contributed by atoms with van der Waals surface area (Å²) in [5.74, 6) is -5.18. The minimum absolute atomic E-state index is 0.0313. The molecule has 8 saturated heterocycles. The van der Waals surface area contributed by atoms with E-state index in [0.717, 1.165) is 17.6 Å². The molecule has 28 heteroatoms. The highest BCUT2D eigenvalue weighted by molar-refractivity contribution is 5.79. The van der Waals surface area contributed by atoms with Crippen molar-refractivity contribution >= 4 is 11.9 Å². The van der Waals surface area contributed by atoms with Gasteiger partial charge in [0.25, 0.3) is 0 Å². The van der Waals surface area contributed by atoms with Crippen LogP contribution < -0.4 is 0 Å². The molecule has 0 radical (unpaired) electrons. The number of fused-ring (bicyclic) bond motifs is 4. The van der Waals surface area contributed by atoms with E-state index >= 15 is 0 Å². The fraction of sp³-hybridized carbons (Fsp3) is 0.768. The minimum atomic E-state index is -1.84. The maximum atomic E-state index is 14.3. The predicted octanol–water partition coefficient (Wildman–Crippen LogP) is 10.4. The molecule has 8 fully saturated rings. The summed E-state index contributed by atoms with van der Waals surface area (Å²) in [6, 6.07) is 0. The average molecular weight is 1730 g/mol. The van der Waals surface area contributed by atoms with Gasteiger partial charge >= 0.3 is 11.9 Å². The molecule has 0 amide bonds. The van der Waals surface area contributed by atoms with Crippen LogP contribution in [0.25, 0.3) is 0 Å². The molecule has 0 unspecified atom stereocenters. The molecule has 14 aliphatic rings. The third-order valence-corrected chi connectivity index (χ3v) is 28.5. The van der Waals surface area contributed by atoms with E-state index in [-0.39, 0.29) is 85.3 Å². The molecule has 690 valence electrons. The van der Waals surface area contributed by atoms with Crippen LogP contribution >= 0.6 is 0 Å². The number of ether oxygens (including phenoxy) is 20. The van der Waals surface area contributed by atoms with Crippen LogP contribution in [0.15, 0.2) is 119 Å². The quantitative estimate of drug-likeness (QED) is 0.0655. The summed E-state index contributed by atoms with van der Waals surface area (Å²) >= 11 is 0. The van der Waals surface area contributed by atoms with Gasteiger partial charge in [0.2, 0.25) is 0 Å². The molecule has 123 heavy (non-hydrogen) atoms. The number of carbonyl (C=O) groups excluding carboxylic acids is 2. The number of esters is 2. The van der Waals surface area contributed by atoms with Gasteiger partial charge in [0, 0.05) is 103 Å². The van der Waals surface area contributed by atoms with Crippen LogP contribution in [0.4, 0.5) is 0 Å². The Morgan fingerprint density at radius 1 is 0.455 bits per heavy atom. The van der Waals surface area contributed by atoms with Crippen LogP contribution in [0.3, 0.4) is 0 Å². The first-order valence-corrected chi connectivity index (χ1v) is 45.2. The number of carbonyl (C=O) groups is 2. The third-order valence-electron chi connectivity index (χ3n) is 28.5. The van der Waals surface area contributed by atoms with Gasteiger partial charge in [-0.15, -0.1) is 0 Å². The Kier molecular flexibility index (Phi) is 31.5. The van der Waals surface area contributed by atoms with Crippen LogP contribution in [0.5, 0.6) is 0 Å². The summed E-state index contributed by atoms with van der Waals surface area (Å²) < 4.78 is 127. The lowest BCUT2D eigenvalue weighted by atomic mass is 9.71. The Balaban J connectivity index is 0.000000212. The summed E-state index contributed by atoms with van der Waals surface area (Å²) in [5, 5.41) is 68.4. The lowest BCUT2D eigenvalue weighted by molar-refractivity contribution is -0.318. The Bertz CT molecular complexity index is 3920. The van der Waals surface area contributed by atoms with Crippen molar-refractivity contribution < 1.29 is 135 Å². The maximum Gasteiger partial charge on any atom is 0.316 e. The van der Waals surface area contributed by atoms with Crippen molar-refractivity contribution in [2.45, 2.75) is 376 Å². The van der Waals surface area contributed by atoms with E-state index in [4.69, 9.17) is 94.7 Å². The normalized spacial score (nSPS) is 49.2. The molecule has 12 heterocycles. The number of allylic oxidation sites excluding steroid dienone is 4. The van der Waals surface area contributed by atoms with Crippen LogP contribution in [-0.2, 0) is 104 Å². The van der Waals surface area contributed by atoms with Crippen LogP contribution in [0, 0.1) is 47.3 Å². The van der Waals surface area contributed by atoms with Gasteiger partial charge < -0.3 is 125 Å². The Hall–Kier alpha value is -4.62. The predicted molar refractivity (Wildman–Crippen MR) is 450 cm³/mol. The first-order valence-electron chi connectivity index (χ1n) is 45.2. The van der Waals surface area contributed by atoms with E-state index < -0.39 is 182 Å². The maximum absolute atomic E-state index is 14.3. The molecule has 39 atom stereocenters. The second-order valence-corrected chi connectivity index (χ2v) is 37.8. The van der Waals surface area contributed by atoms with Gasteiger partial charge in [-0.2, -0.15) is 0 Å². The molecule has 12 aliphatic heterocycles. The van der Waals surface area contributed by atoms with Crippen molar-refractivity contribution in [1.82, 2.24) is 0 Å². The fourth-order valence-corrected chi connectivity index (χ4v) is 21.0. The van der Waals surface area contributed by atoms with E-state index in [1.54, 1.807) is 80.4 Å². The molecule has 0 aromatic carbocycles. The highest BCUT2D eigenvalue weighted by Crippen LogP contribution is 2.51. The van der Waals surface area contributed by atoms with Gasteiger partial charge in [-0.05, 0) is 126 Å². The van der Waals surface area contributed by atoms with Crippen molar-refractivity contribution in [3.8, 4) is 0 Å². The van der Waals surface area contributed by atoms with Gasteiger partial charge in [0.05, 0.1) is 98.7 Å². The summed E-state index contributed by atoms with van der Waals surface area (Å²) in [6.07, 6.45) is 16.1. The monoisotopic (exact) mass is 1730 g/mol. The zero-order valence-corrected chi connectivity index (χ0v) is 75.7. The number of hydrogen-bond donors (Lipinski definition) is 6. The summed E-state index contributed by atoms with van der Waals surface area (Å²) in [5.41, 5.74) is 0.263. The summed E-state index contributed by atoms with van der Waals surface area (Å²) in [6.45, 7) is 32.1. The van der Waals surface area contributed by atoms with Crippen molar-refractivity contribution in [2.24, 2.45) is 47.3 Å². The number of aliphatic hydroxyl groups excluding tert-OH is 4. The Morgan fingerprint density at radius 3 is 1.22 bits per heavy atom. The van der Waals surface area contributed by atoms with Gasteiger partial charge in [-0.3, -0.25) is 9.59 Å². The second kappa shape index (κ2) is 40.4. The molecule has 2 aliphatic carbocycles. The number of aliphatic hydroxyl groups is 6. The van der Waals surface area contributed by atoms with Crippen molar-refractivity contribution in [2.75, 3.05) is 41.7 Å². The molecule has 4 bridgehead atoms. The van der Waals surface area contributed by atoms with E-state index in [2.05, 4.69) is 79.7 Å². The van der Waals surface area contributed by atoms with E-state index in [9.17, 15) is 40.2 Å². The Labute approximate surface area is 726 Å². The smallest absolute Gasteiger partial charge is 0.316 e. The molecular weight excluding hydrogens is 1590 g/mol. The van der Waals surface area contributed by atoms with Gasteiger partial charge in [-0.1, -0.05) is 135 Å². The first-order chi connectivity index (χ1) is 58.5. The van der Waals surface area contributed by atoms with E-state index in [1.807, 2.05) is 64.2 Å². The van der Waals surface area contributed by atoms with Crippen molar-refractivity contribution in [3.05, 3.63) is 119 Å². The lowest BCUT2D eigenvalue weighted by Gasteiger charge is -2.48. The standard InChI is InChI=1S/C48H72O14.C47H70O14/c1-11-25(2)43-28(5)17-18-47(62-43)23-34-20-33(61-47)16-15-27(4)42(26(3)13-12-14-32-24-55-45-40(49)29(6)19-35(46(51)58-34)48(32,45)52)59-39-22-37(54-10)44(31(8)57-39)60-38-21-36(53-9)41(50)30(7)56-38;1-24(2)41-27(5)16-17-46(61-41)22-33-19-32(60-46)15-14-26(4)42(25(3)12-11-13-31-23-54-44-39(48)28(6)18-34(45(50)57-33)47(31,44)51)58-38-21-36(53-10)43(30(8)56-38)59-37-20-35(52-9)40(49)29(7)55-37/h12-15,17-19,25-26,28,30-31,33-45,49-50,52H,11,16,20-24H2,1-10H3;11-14,16-18,24-25,27,29-30,32-44,48-49,51H,15,19-23H2,1-10H3/b13-12+,27-15+,32-14+;12-11+,26-14+,31-13-/t25-,26-,28-,30-,31-,33+,34-,35-,36-,37-,38-,39-,40+,41-,42-,43+,44-,45+,47+,48+;25-,27-,29-,30-,32+,33-,34-,35-,36-,37-,38-,39+,40-,41+,42-,43-,44+,46+,47+/m00/s1. The SMILES string of the molecule is CC[C@H](C)[C@H]1O[C@]2(C=C[C@@H]1C)C[C@@H]1C[C@@H](C/C=C(\C)[C@@H](O[C@H]3C[C@H](OC)[C@@H](O[C@H]4C[C@H](OC)[C@@H](O)[C@H](C)O4)[C@H](C)O3)[C@@H](C)/C=C/C=C3\CO[C@@H]4[C@H](O)C(C)=C[C@@H](C(=O)O1)[C@]34O)O2.CO[C@H]1C[C@H](O[C@H]2[C@H](C)O[C@@H](O[C@@H]3/C(C)=C/C[C@@H]4C[C@@H](C[C@]5(C=C[C@H](C)[C@@H](C(C)C)O5)O4)OC(=O)[C@@H]4C=C(C)[C@@H](O)[C@H]5OC/C(=C/C=C/[C@@H]3C)[C@]54O)C[C@@H]2OC)O[C@@H](C)[C@@H]1O. The number of methoxy groups -OCH3 is 4. The third kappa shape index (κ3) is 20.6. The highest BCUT2D eigenvalue weighted by Gasteiger charge is 2.63.